The maximum absolute atomic E-state index is 11.7. The maximum atomic E-state index is 11.7. The normalized spacial score (nSPS) is 20.9. The average Bonchev–Trinajstić information content (AvgIpc) is 2.34. The molecule has 1 heterocycles. The van der Waals surface area contributed by atoms with Crippen molar-refractivity contribution in [2.24, 2.45) is 5.92 Å². The molecule has 1 unspecified atom stereocenters. The summed E-state index contributed by atoms with van der Waals surface area (Å²) in [5.41, 5.74) is 1.26. The summed E-state index contributed by atoms with van der Waals surface area (Å²) in [6.45, 7) is 3.95. The minimum absolute atomic E-state index is 0.0973. The van der Waals surface area contributed by atoms with Crippen molar-refractivity contribution in [1.29, 1.82) is 0 Å². The molecule has 0 spiro atoms. The van der Waals surface area contributed by atoms with Crippen molar-refractivity contribution in [1.82, 2.24) is 4.90 Å². The lowest BCUT2D eigenvalue weighted by Crippen LogP contribution is -2.41. The van der Waals surface area contributed by atoms with Crippen LogP contribution in [0.1, 0.15) is 25.3 Å². The number of piperidine rings is 1. The molecule has 0 saturated carbocycles. The lowest BCUT2D eigenvalue weighted by molar-refractivity contribution is -0.130. The number of likely N-dealkylation sites (tertiary alicyclic amines) is 1. The molecule has 1 saturated heterocycles. The van der Waals surface area contributed by atoms with Crippen LogP contribution in [-0.2, 0) is 16.1 Å². The van der Waals surface area contributed by atoms with E-state index >= 15 is 0 Å². The van der Waals surface area contributed by atoms with Crippen molar-refractivity contribution in [3.05, 3.63) is 35.9 Å². The molecule has 1 aliphatic rings. The topological polar surface area (TPSA) is 37.4 Å². The molecule has 0 bridgehead atoms. The molecular weight excluding hydrogens is 226 g/mol. The molecule has 96 valence electrons. The summed E-state index contributed by atoms with van der Waals surface area (Å²) in [5, 5.41) is 0. The van der Waals surface area contributed by atoms with Crippen LogP contribution < -0.4 is 0 Å². The summed E-state index contributed by atoms with van der Waals surface area (Å²) in [6.07, 6.45) is 0.967. The first-order valence-electron chi connectivity index (χ1n) is 6.43. The molecule has 0 aliphatic carbocycles. The summed E-state index contributed by atoms with van der Waals surface area (Å²) < 4.78 is 0. The highest BCUT2D eigenvalue weighted by atomic mass is 16.1. The van der Waals surface area contributed by atoms with Crippen LogP contribution in [0.2, 0.25) is 0 Å². The van der Waals surface area contributed by atoms with Crippen molar-refractivity contribution in [3.63, 3.8) is 0 Å². The van der Waals surface area contributed by atoms with Crippen molar-refractivity contribution >= 4 is 11.6 Å². The van der Waals surface area contributed by atoms with Gasteiger partial charge in [0.2, 0.25) is 0 Å². The Bertz CT molecular complexity index is 427. The van der Waals surface area contributed by atoms with E-state index in [9.17, 15) is 9.59 Å². The Labute approximate surface area is 108 Å². The zero-order valence-electron chi connectivity index (χ0n) is 10.8. The van der Waals surface area contributed by atoms with Gasteiger partial charge in [-0.15, -0.1) is 0 Å². The second kappa shape index (κ2) is 5.91. The number of Topliss-reactive ketones (excluding diaryl/α,β-unsaturated/α-hetero) is 2. The Hall–Kier alpha value is -1.48. The Morgan fingerprint density at radius 3 is 2.72 bits per heavy atom. The predicted octanol–water partition coefficient (Wildman–Crippen LogP) is 2.06. The van der Waals surface area contributed by atoms with Crippen molar-refractivity contribution < 1.29 is 9.59 Å². The van der Waals surface area contributed by atoms with E-state index in [1.165, 1.54) is 5.56 Å². The van der Waals surface area contributed by atoms with Gasteiger partial charge in [-0.3, -0.25) is 9.69 Å². The number of benzene rings is 1. The van der Waals surface area contributed by atoms with Crippen LogP contribution in [0.15, 0.2) is 30.3 Å². The summed E-state index contributed by atoms with van der Waals surface area (Å²) in [6, 6.07) is 10.2. The van der Waals surface area contributed by atoms with E-state index in [2.05, 4.69) is 17.0 Å². The highest BCUT2D eigenvalue weighted by Crippen LogP contribution is 2.18. The number of carbonyl (C=O) groups excluding carboxylic acids is 2. The van der Waals surface area contributed by atoms with Crippen LogP contribution in [0, 0.1) is 5.92 Å². The second-order valence-electron chi connectivity index (χ2n) is 5.04. The largest absolute Gasteiger partial charge is 0.300 e. The molecule has 0 N–H and O–H groups in total. The van der Waals surface area contributed by atoms with Gasteiger partial charge in [0.05, 0.1) is 0 Å². The third-order valence-electron chi connectivity index (χ3n) is 3.39. The molecule has 1 aromatic rings. The lowest BCUT2D eigenvalue weighted by atomic mass is 9.91. The highest BCUT2D eigenvalue weighted by Gasteiger charge is 2.27. The number of nitrogens with zero attached hydrogens (tertiary/aromatic N) is 1. The third-order valence-corrected chi connectivity index (χ3v) is 3.39. The molecule has 0 amide bonds. The average molecular weight is 245 g/mol. The molecule has 3 nitrogen and oxygen atoms in total. The second-order valence-corrected chi connectivity index (χ2v) is 5.04. The first kappa shape index (κ1) is 13.0. The summed E-state index contributed by atoms with van der Waals surface area (Å²) >= 11 is 0. The Morgan fingerprint density at radius 1 is 1.33 bits per heavy atom. The van der Waals surface area contributed by atoms with E-state index in [1.54, 1.807) is 6.92 Å². The van der Waals surface area contributed by atoms with Gasteiger partial charge in [-0.05, 0) is 12.5 Å². The Kier molecular flexibility index (Phi) is 4.26. The van der Waals surface area contributed by atoms with Crippen LogP contribution in [0.5, 0.6) is 0 Å². The molecule has 0 aromatic heterocycles. The van der Waals surface area contributed by atoms with Gasteiger partial charge >= 0.3 is 0 Å². The van der Waals surface area contributed by atoms with E-state index in [1.807, 2.05) is 18.2 Å². The first-order valence-corrected chi connectivity index (χ1v) is 6.43. The first-order chi connectivity index (χ1) is 8.65. The Balaban J connectivity index is 1.95. The molecule has 3 heteroatoms. The summed E-state index contributed by atoms with van der Waals surface area (Å²) in [5.74, 6) is 0.254. The summed E-state index contributed by atoms with van der Waals surface area (Å²) in [7, 11) is 0. The van der Waals surface area contributed by atoms with Crippen molar-refractivity contribution in [3.8, 4) is 0 Å². The molecule has 1 aliphatic heterocycles. The molecule has 1 fully saturated rings. The van der Waals surface area contributed by atoms with E-state index in [0.29, 0.717) is 19.4 Å². The standard InChI is InChI=1S/C15H19NO2/c1-12(17)9-14-11-16(8-7-15(14)18)10-13-5-3-2-4-6-13/h2-6,14H,7-11H2,1H3. The van der Waals surface area contributed by atoms with Gasteiger partial charge in [0.25, 0.3) is 0 Å². The fourth-order valence-electron chi connectivity index (χ4n) is 2.49. The van der Waals surface area contributed by atoms with Crippen LogP contribution in [-0.4, -0.2) is 29.6 Å². The van der Waals surface area contributed by atoms with Crippen molar-refractivity contribution in [2.75, 3.05) is 13.1 Å². The third kappa shape index (κ3) is 3.50. The predicted molar refractivity (Wildman–Crippen MR) is 70.1 cm³/mol. The number of ketones is 2. The van der Waals surface area contributed by atoms with E-state index in [4.69, 9.17) is 0 Å². The molecule has 0 radical (unpaired) electrons. The van der Waals surface area contributed by atoms with Gasteiger partial charge in [0.1, 0.15) is 11.6 Å². The molecule has 1 aromatic carbocycles. The van der Waals surface area contributed by atoms with Gasteiger partial charge < -0.3 is 4.79 Å². The zero-order valence-corrected chi connectivity index (χ0v) is 10.8. The van der Waals surface area contributed by atoms with E-state index < -0.39 is 0 Å². The maximum Gasteiger partial charge on any atom is 0.138 e. The van der Waals surface area contributed by atoms with E-state index in [0.717, 1.165) is 13.1 Å². The zero-order chi connectivity index (χ0) is 13.0. The molecule has 18 heavy (non-hydrogen) atoms. The smallest absolute Gasteiger partial charge is 0.138 e. The van der Waals surface area contributed by atoms with Crippen LogP contribution in [0.3, 0.4) is 0 Å². The van der Waals surface area contributed by atoms with Crippen molar-refractivity contribution in [2.45, 2.75) is 26.3 Å². The van der Waals surface area contributed by atoms with Gasteiger partial charge in [-0.25, -0.2) is 0 Å². The van der Waals surface area contributed by atoms with Gasteiger partial charge in [0.15, 0.2) is 0 Å². The summed E-state index contributed by atoms with van der Waals surface area (Å²) in [4.78, 5) is 25.2. The lowest BCUT2D eigenvalue weighted by Gasteiger charge is -2.31. The fourth-order valence-corrected chi connectivity index (χ4v) is 2.49. The minimum atomic E-state index is -0.0973. The number of hydrogen-bond acceptors (Lipinski definition) is 3. The monoisotopic (exact) mass is 245 g/mol. The quantitative estimate of drug-likeness (QED) is 0.814. The van der Waals surface area contributed by atoms with E-state index in [-0.39, 0.29) is 17.5 Å². The molecular formula is C15H19NO2. The highest BCUT2D eigenvalue weighted by molar-refractivity contribution is 5.87. The van der Waals surface area contributed by atoms with Gasteiger partial charge in [0, 0.05) is 38.4 Å². The Morgan fingerprint density at radius 2 is 2.06 bits per heavy atom. The van der Waals surface area contributed by atoms with Crippen LogP contribution in [0.25, 0.3) is 0 Å². The minimum Gasteiger partial charge on any atom is -0.300 e. The van der Waals surface area contributed by atoms with Gasteiger partial charge in [-0.1, -0.05) is 30.3 Å². The van der Waals surface area contributed by atoms with Gasteiger partial charge in [-0.2, -0.15) is 0 Å². The molecule has 2 rings (SSSR count). The van der Waals surface area contributed by atoms with Crippen LogP contribution >= 0.6 is 0 Å². The SMILES string of the molecule is CC(=O)CC1CN(Cc2ccccc2)CCC1=O. The number of carbonyl (C=O) groups is 2. The fraction of sp³-hybridized carbons (Fsp3) is 0.467. The number of hydrogen-bond donors (Lipinski definition) is 0. The van der Waals surface area contributed by atoms with Crippen LogP contribution in [0.4, 0.5) is 0 Å². The number of rotatable bonds is 4. The molecule has 1 atom stereocenters.